The van der Waals surface area contributed by atoms with Crippen LogP contribution in [0.15, 0.2) is 65.6 Å². The van der Waals surface area contributed by atoms with Crippen LogP contribution in [-0.4, -0.2) is 54.6 Å². The highest BCUT2D eigenvalue weighted by molar-refractivity contribution is 5.90. The van der Waals surface area contributed by atoms with Crippen LogP contribution in [0.4, 0.5) is 5.95 Å². The summed E-state index contributed by atoms with van der Waals surface area (Å²) in [5.74, 6) is 0.843. The number of pyridine rings is 1. The van der Waals surface area contributed by atoms with Crippen molar-refractivity contribution < 1.29 is 0 Å². The quantitative estimate of drug-likeness (QED) is 0.355. The first-order chi connectivity index (χ1) is 18.5. The topological polar surface area (TPSA) is 184 Å². The monoisotopic (exact) mass is 503 g/mol. The zero-order chi connectivity index (χ0) is 26.2. The van der Waals surface area contributed by atoms with Gasteiger partial charge in [-0.3, -0.25) is 9.78 Å². The molecule has 0 fully saturated rings. The molecule has 0 saturated heterocycles. The van der Waals surface area contributed by atoms with E-state index in [-0.39, 0.29) is 18.1 Å². The zero-order valence-corrected chi connectivity index (χ0v) is 19.8. The summed E-state index contributed by atoms with van der Waals surface area (Å²) < 4.78 is 4.12. The van der Waals surface area contributed by atoms with E-state index in [1.807, 2.05) is 6.07 Å². The number of hydrogen-bond donors (Lipinski definition) is 1. The summed E-state index contributed by atoms with van der Waals surface area (Å²) in [5.41, 5.74) is 9.15. The molecule has 184 valence electrons. The van der Waals surface area contributed by atoms with Gasteiger partial charge in [0.15, 0.2) is 11.5 Å². The summed E-state index contributed by atoms with van der Waals surface area (Å²) in [6.45, 7) is 0.115. The third-order valence-electron chi connectivity index (χ3n) is 5.79. The molecule has 0 saturated carbocycles. The number of nitrogen functional groups attached to an aromatic ring is 1. The number of aromatic nitrogens is 11. The molecule has 0 spiro atoms. The number of tetrazole rings is 1. The van der Waals surface area contributed by atoms with Crippen molar-refractivity contribution in [2.75, 3.05) is 5.73 Å². The Labute approximate surface area is 213 Å². The molecule has 0 bridgehead atoms. The van der Waals surface area contributed by atoms with E-state index in [4.69, 9.17) is 10.7 Å². The molecule has 0 aliphatic rings. The molecular weight excluding hydrogens is 486 g/mol. The number of rotatable bonds is 5. The van der Waals surface area contributed by atoms with Crippen molar-refractivity contribution in [2.45, 2.75) is 6.54 Å². The molecule has 6 rings (SSSR count). The molecule has 0 aliphatic carbocycles. The SMILES string of the molecule is Cn1nc(-c2c(-c3ccccc3C#N)nc(N)n3nc(Cn4nnnc4-c4ccccn4)nc23)ccc1=O. The fourth-order valence-electron chi connectivity index (χ4n) is 4.04. The van der Waals surface area contributed by atoms with Crippen molar-refractivity contribution >= 4 is 11.6 Å². The number of fused-ring (bicyclic) bond motifs is 1. The summed E-state index contributed by atoms with van der Waals surface area (Å²) >= 11 is 0. The molecule has 5 aromatic heterocycles. The van der Waals surface area contributed by atoms with Crippen LogP contribution in [0, 0.1) is 11.3 Å². The maximum atomic E-state index is 12.1. The number of anilines is 1. The van der Waals surface area contributed by atoms with Crippen LogP contribution in [0.2, 0.25) is 0 Å². The van der Waals surface area contributed by atoms with Crippen LogP contribution >= 0.6 is 0 Å². The third-order valence-corrected chi connectivity index (χ3v) is 5.79. The van der Waals surface area contributed by atoms with Crippen molar-refractivity contribution in [3.05, 3.63) is 82.5 Å². The first-order valence-corrected chi connectivity index (χ1v) is 11.3. The smallest absolute Gasteiger partial charge is 0.266 e. The molecule has 14 heteroatoms. The number of nitrogens with two attached hydrogens (primary N) is 1. The number of benzene rings is 1. The molecule has 0 unspecified atom stereocenters. The third kappa shape index (κ3) is 3.80. The van der Waals surface area contributed by atoms with Gasteiger partial charge in [0.05, 0.1) is 28.6 Å². The van der Waals surface area contributed by atoms with E-state index in [1.54, 1.807) is 55.7 Å². The van der Waals surface area contributed by atoms with E-state index in [2.05, 4.69) is 41.8 Å². The molecule has 0 amide bonds. The van der Waals surface area contributed by atoms with Gasteiger partial charge in [0.25, 0.3) is 5.56 Å². The highest BCUT2D eigenvalue weighted by atomic mass is 16.1. The summed E-state index contributed by atoms with van der Waals surface area (Å²) in [4.78, 5) is 25.7. The van der Waals surface area contributed by atoms with Crippen LogP contribution in [0.25, 0.3) is 39.7 Å². The highest BCUT2D eigenvalue weighted by Gasteiger charge is 2.23. The van der Waals surface area contributed by atoms with Gasteiger partial charge < -0.3 is 5.73 Å². The van der Waals surface area contributed by atoms with Gasteiger partial charge >= 0.3 is 0 Å². The predicted molar refractivity (Wildman–Crippen MR) is 134 cm³/mol. The fraction of sp³-hybridized carbons (Fsp3) is 0.0833. The Morgan fingerprint density at radius 3 is 2.63 bits per heavy atom. The number of nitriles is 1. The largest absolute Gasteiger partial charge is 0.368 e. The Balaban J connectivity index is 1.57. The molecule has 14 nitrogen and oxygen atoms in total. The van der Waals surface area contributed by atoms with E-state index in [9.17, 15) is 10.1 Å². The van der Waals surface area contributed by atoms with Gasteiger partial charge in [-0.2, -0.15) is 14.9 Å². The average Bonchev–Trinajstić information content (AvgIpc) is 3.58. The molecule has 0 aliphatic heterocycles. The Morgan fingerprint density at radius 2 is 1.84 bits per heavy atom. The first kappa shape index (κ1) is 22.6. The van der Waals surface area contributed by atoms with Gasteiger partial charge in [-0.15, -0.1) is 10.2 Å². The molecule has 0 atom stereocenters. The molecule has 5 heterocycles. The van der Waals surface area contributed by atoms with Gasteiger partial charge in [-0.25, -0.2) is 19.3 Å². The first-order valence-electron chi connectivity index (χ1n) is 11.3. The van der Waals surface area contributed by atoms with E-state index in [0.717, 1.165) is 0 Å². The molecule has 0 radical (unpaired) electrons. The van der Waals surface area contributed by atoms with Crippen LogP contribution in [0.3, 0.4) is 0 Å². The summed E-state index contributed by atoms with van der Waals surface area (Å²) in [6.07, 6.45) is 1.65. The van der Waals surface area contributed by atoms with Crippen molar-refractivity contribution in [3.8, 4) is 40.1 Å². The summed E-state index contributed by atoms with van der Waals surface area (Å²) in [6, 6.07) is 17.6. The number of hydrogen-bond acceptors (Lipinski definition) is 11. The second-order valence-corrected chi connectivity index (χ2v) is 8.17. The van der Waals surface area contributed by atoms with E-state index >= 15 is 0 Å². The van der Waals surface area contributed by atoms with E-state index in [1.165, 1.54) is 19.9 Å². The van der Waals surface area contributed by atoms with Gasteiger partial charge in [-0.1, -0.05) is 24.3 Å². The zero-order valence-electron chi connectivity index (χ0n) is 19.8. The fourth-order valence-corrected chi connectivity index (χ4v) is 4.04. The Hall–Kier alpha value is -5.84. The van der Waals surface area contributed by atoms with Crippen LogP contribution in [0.1, 0.15) is 11.4 Å². The lowest BCUT2D eigenvalue weighted by atomic mass is 9.99. The van der Waals surface area contributed by atoms with Gasteiger partial charge in [0.1, 0.15) is 12.2 Å². The summed E-state index contributed by atoms with van der Waals surface area (Å²) in [7, 11) is 1.54. The number of nitrogens with zero attached hydrogens (tertiary/aromatic N) is 12. The lowest BCUT2D eigenvalue weighted by molar-refractivity contribution is 0.627. The predicted octanol–water partition coefficient (Wildman–Crippen LogP) is 1.10. The lowest BCUT2D eigenvalue weighted by Gasteiger charge is -2.12. The Morgan fingerprint density at radius 1 is 1.00 bits per heavy atom. The molecule has 1 aromatic carbocycles. The minimum Gasteiger partial charge on any atom is -0.368 e. The van der Waals surface area contributed by atoms with Gasteiger partial charge in [0.2, 0.25) is 11.8 Å². The standard InChI is InChI=1S/C24H17N13O/c1-35-19(38)10-9-16(31-35)20-21(15-7-3-2-6-14(15)12-25)29-24(26)37-23(20)28-18(32-37)13-36-22(30-33-34-36)17-8-4-5-11-27-17/h2-11H,13H2,1H3,(H2,26,29). The van der Waals surface area contributed by atoms with E-state index < -0.39 is 0 Å². The molecular formula is C24H17N13O. The van der Waals surface area contributed by atoms with Gasteiger partial charge in [-0.05, 0) is 34.7 Å². The van der Waals surface area contributed by atoms with Crippen molar-refractivity contribution in [1.29, 1.82) is 5.26 Å². The van der Waals surface area contributed by atoms with Crippen LogP contribution in [-0.2, 0) is 13.6 Å². The van der Waals surface area contributed by atoms with Crippen molar-refractivity contribution in [3.63, 3.8) is 0 Å². The maximum absolute atomic E-state index is 12.1. The molecule has 38 heavy (non-hydrogen) atoms. The average molecular weight is 503 g/mol. The normalized spacial score (nSPS) is 11.1. The maximum Gasteiger partial charge on any atom is 0.266 e. The molecule has 6 aromatic rings. The van der Waals surface area contributed by atoms with Crippen LogP contribution in [0.5, 0.6) is 0 Å². The summed E-state index contributed by atoms with van der Waals surface area (Å²) in [5, 5.41) is 30.6. The molecule has 2 N–H and O–H groups in total. The minimum atomic E-state index is -0.282. The minimum absolute atomic E-state index is 0.0525. The Bertz CT molecular complexity index is 1910. The van der Waals surface area contributed by atoms with Gasteiger partial charge in [0, 0.05) is 24.9 Å². The van der Waals surface area contributed by atoms with Crippen LogP contribution < -0.4 is 11.3 Å². The number of aryl methyl sites for hydroxylation is 1. The Kier molecular flexibility index (Phi) is 5.35. The second kappa shape index (κ2) is 8.99. The van der Waals surface area contributed by atoms with E-state index in [0.29, 0.717) is 51.1 Å². The lowest BCUT2D eigenvalue weighted by Crippen LogP contribution is -2.18. The van der Waals surface area contributed by atoms with Crippen molar-refractivity contribution in [2.24, 2.45) is 7.05 Å². The van der Waals surface area contributed by atoms with Crippen molar-refractivity contribution in [1.82, 2.24) is 54.6 Å². The second-order valence-electron chi connectivity index (χ2n) is 8.17. The highest BCUT2D eigenvalue weighted by Crippen LogP contribution is 2.35.